The molecular weight excluding hydrogens is 228 g/mol. The number of thioether (sulfide) groups is 1. The van der Waals surface area contributed by atoms with Crippen molar-refractivity contribution in [3.63, 3.8) is 0 Å². The third kappa shape index (κ3) is 7.39. The minimum absolute atomic E-state index is 0.262. The smallest absolute Gasteiger partial charge is 0.322 e. The monoisotopic (exact) mass is 246 g/mol. The Morgan fingerprint density at radius 3 is 3.00 bits per heavy atom. The van der Waals surface area contributed by atoms with Crippen LogP contribution in [0.15, 0.2) is 5.11 Å². The van der Waals surface area contributed by atoms with Gasteiger partial charge in [-0.25, -0.2) is 0 Å². The Morgan fingerprint density at radius 1 is 1.69 bits per heavy atom. The van der Waals surface area contributed by atoms with Gasteiger partial charge in [-0.2, -0.15) is 11.8 Å². The molecule has 0 spiro atoms. The van der Waals surface area contributed by atoms with Gasteiger partial charge in [0.05, 0.1) is 7.11 Å². The van der Waals surface area contributed by atoms with Crippen LogP contribution in [0.25, 0.3) is 10.4 Å². The van der Waals surface area contributed by atoms with E-state index in [2.05, 4.69) is 20.1 Å². The molecule has 16 heavy (non-hydrogen) atoms. The highest BCUT2D eigenvalue weighted by atomic mass is 32.2. The van der Waals surface area contributed by atoms with Crippen molar-refractivity contribution in [1.82, 2.24) is 5.32 Å². The standard InChI is InChI=1S/C9H18N4O2S/c1-15-9(14)8(4-3-7-16-2)11-5-6-12-13-10/h8,11H,3-7H2,1-2H3. The molecule has 92 valence electrons. The van der Waals surface area contributed by atoms with Gasteiger partial charge in [0.25, 0.3) is 0 Å². The summed E-state index contributed by atoms with van der Waals surface area (Å²) in [5, 5.41) is 6.40. The lowest BCUT2D eigenvalue weighted by atomic mass is 10.1. The van der Waals surface area contributed by atoms with Crippen LogP contribution in [0.3, 0.4) is 0 Å². The first-order chi connectivity index (χ1) is 7.76. The lowest BCUT2D eigenvalue weighted by Gasteiger charge is -2.15. The zero-order chi connectivity index (χ0) is 12.2. The third-order valence-corrected chi connectivity index (χ3v) is 2.69. The van der Waals surface area contributed by atoms with Gasteiger partial charge in [-0.15, -0.1) is 0 Å². The minimum atomic E-state index is -0.300. The van der Waals surface area contributed by atoms with Crippen LogP contribution in [-0.2, 0) is 9.53 Å². The highest BCUT2D eigenvalue weighted by Crippen LogP contribution is 2.04. The van der Waals surface area contributed by atoms with Crippen molar-refractivity contribution in [2.75, 3.05) is 32.2 Å². The van der Waals surface area contributed by atoms with Crippen molar-refractivity contribution in [2.24, 2.45) is 5.11 Å². The number of carbonyl (C=O) groups excluding carboxylic acids is 1. The van der Waals surface area contributed by atoms with Crippen molar-refractivity contribution in [1.29, 1.82) is 0 Å². The predicted octanol–water partition coefficient (Wildman–Crippen LogP) is 1.57. The van der Waals surface area contributed by atoms with Crippen LogP contribution in [0.1, 0.15) is 12.8 Å². The van der Waals surface area contributed by atoms with Crippen LogP contribution < -0.4 is 5.32 Å². The van der Waals surface area contributed by atoms with Gasteiger partial charge in [0, 0.05) is 18.0 Å². The molecule has 0 saturated heterocycles. The first-order valence-electron chi connectivity index (χ1n) is 5.07. The Morgan fingerprint density at radius 2 is 2.44 bits per heavy atom. The van der Waals surface area contributed by atoms with E-state index in [1.54, 1.807) is 11.8 Å². The topological polar surface area (TPSA) is 87.1 Å². The van der Waals surface area contributed by atoms with Gasteiger partial charge in [-0.3, -0.25) is 4.79 Å². The van der Waals surface area contributed by atoms with Crippen LogP contribution in [0.4, 0.5) is 0 Å². The van der Waals surface area contributed by atoms with Gasteiger partial charge in [0.15, 0.2) is 0 Å². The Hall–Kier alpha value is -0.910. The summed E-state index contributed by atoms with van der Waals surface area (Å²) >= 11 is 1.75. The number of azide groups is 1. The van der Waals surface area contributed by atoms with Gasteiger partial charge < -0.3 is 10.1 Å². The molecule has 0 heterocycles. The van der Waals surface area contributed by atoms with Crippen molar-refractivity contribution in [3.8, 4) is 0 Å². The average molecular weight is 246 g/mol. The number of nitrogens with one attached hydrogen (secondary N) is 1. The Kier molecular flexibility index (Phi) is 10.00. The Labute approximate surface area is 99.7 Å². The van der Waals surface area contributed by atoms with Crippen LogP contribution in [0.2, 0.25) is 0 Å². The summed E-state index contributed by atoms with van der Waals surface area (Å²) < 4.78 is 4.69. The van der Waals surface area contributed by atoms with Gasteiger partial charge >= 0.3 is 5.97 Å². The van der Waals surface area contributed by atoms with E-state index in [1.165, 1.54) is 7.11 Å². The fourth-order valence-corrected chi connectivity index (χ4v) is 1.67. The zero-order valence-electron chi connectivity index (χ0n) is 9.68. The third-order valence-electron chi connectivity index (χ3n) is 1.99. The molecular formula is C9H18N4O2S. The van der Waals surface area contributed by atoms with Gasteiger partial charge in [-0.1, -0.05) is 5.11 Å². The average Bonchev–Trinajstić information content (AvgIpc) is 2.31. The second-order valence-corrected chi connectivity index (χ2v) is 4.10. The maximum atomic E-state index is 11.4. The number of esters is 1. The molecule has 0 fully saturated rings. The van der Waals surface area contributed by atoms with Gasteiger partial charge in [0.1, 0.15) is 6.04 Å². The van der Waals surface area contributed by atoms with E-state index in [1.807, 2.05) is 6.26 Å². The summed E-state index contributed by atoms with van der Waals surface area (Å²) in [6, 6.07) is -0.300. The van der Waals surface area contributed by atoms with Crippen molar-refractivity contribution in [3.05, 3.63) is 10.4 Å². The largest absolute Gasteiger partial charge is 0.468 e. The predicted molar refractivity (Wildman–Crippen MR) is 65.4 cm³/mol. The van der Waals surface area contributed by atoms with Crippen LogP contribution in [-0.4, -0.2) is 44.2 Å². The van der Waals surface area contributed by atoms with Crippen molar-refractivity contribution < 1.29 is 9.53 Å². The number of hydrogen-bond donors (Lipinski definition) is 1. The molecule has 0 aliphatic heterocycles. The molecule has 1 N–H and O–H groups in total. The summed E-state index contributed by atoms with van der Waals surface area (Å²) in [7, 11) is 1.37. The summed E-state index contributed by atoms with van der Waals surface area (Å²) in [5.41, 5.74) is 8.10. The first-order valence-corrected chi connectivity index (χ1v) is 6.46. The van der Waals surface area contributed by atoms with E-state index < -0.39 is 0 Å². The second-order valence-electron chi connectivity index (χ2n) is 3.12. The van der Waals surface area contributed by atoms with E-state index in [9.17, 15) is 4.79 Å². The molecule has 0 aromatic heterocycles. The summed E-state index contributed by atoms with van der Waals surface area (Å²) in [6.45, 7) is 0.829. The Bertz CT molecular complexity index is 244. The lowest BCUT2D eigenvalue weighted by molar-refractivity contribution is -0.143. The molecule has 1 unspecified atom stereocenters. The van der Waals surface area contributed by atoms with E-state index in [4.69, 9.17) is 5.53 Å². The quantitative estimate of drug-likeness (QED) is 0.220. The van der Waals surface area contributed by atoms with Crippen LogP contribution >= 0.6 is 11.8 Å². The fourth-order valence-electron chi connectivity index (χ4n) is 1.21. The SMILES string of the molecule is COC(=O)C(CCCSC)NCCN=[N+]=[N-]. The summed E-state index contributed by atoms with van der Waals surface area (Å²) in [5.74, 6) is 0.757. The fraction of sp³-hybridized carbons (Fsp3) is 0.889. The van der Waals surface area contributed by atoms with Crippen LogP contribution in [0, 0.1) is 0 Å². The molecule has 0 aliphatic rings. The van der Waals surface area contributed by atoms with Crippen LogP contribution in [0.5, 0.6) is 0 Å². The van der Waals surface area contributed by atoms with E-state index >= 15 is 0 Å². The Balaban J connectivity index is 3.89. The van der Waals surface area contributed by atoms with E-state index in [-0.39, 0.29) is 12.0 Å². The number of rotatable bonds is 9. The molecule has 0 saturated carbocycles. The van der Waals surface area contributed by atoms with Gasteiger partial charge in [-0.05, 0) is 30.4 Å². The zero-order valence-corrected chi connectivity index (χ0v) is 10.5. The molecule has 0 amide bonds. The summed E-state index contributed by atoms with van der Waals surface area (Å²) in [6.07, 6.45) is 3.72. The van der Waals surface area contributed by atoms with Crippen molar-refractivity contribution in [2.45, 2.75) is 18.9 Å². The van der Waals surface area contributed by atoms with Gasteiger partial charge in [0.2, 0.25) is 0 Å². The van der Waals surface area contributed by atoms with E-state index in [0.29, 0.717) is 13.1 Å². The lowest BCUT2D eigenvalue weighted by Crippen LogP contribution is -2.39. The number of methoxy groups -OCH3 is 1. The molecule has 6 nitrogen and oxygen atoms in total. The molecule has 0 radical (unpaired) electrons. The van der Waals surface area contributed by atoms with E-state index in [0.717, 1.165) is 18.6 Å². The molecule has 0 aromatic carbocycles. The molecule has 0 aromatic rings. The number of ether oxygens (including phenoxy) is 1. The normalized spacial score (nSPS) is 11.6. The maximum absolute atomic E-state index is 11.4. The molecule has 0 rings (SSSR count). The second kappa shape index (κ2) is 10.6. The number of nitrogens with zero attached hydrogens (tertiary/aromatic N) is 3. The molecule has 0 aliphatic carbocycles. The first kappa shape index (κ1) is 15.1. The molecule has 1 atom stereocenters. The van der Waals surface area contributed by atoms with Crippen molar-refractivity contribution >= 4 is 17.7 Å². The molecule has 7 heteroatoms. The number of hydrogen-bond acceptors (Lipinski definition) is 5. The molecule has 0 bridgehead atoms. The minimum Gasteiger partial charge on any atom is -0.468 e. The highest BCUT2D eigenvalue weighted by Gasteiger charge is 2.17. The highest BCUT2D eigenvalue weighted by molar-refractivity contribution is 7.98. The number of carbonyl (C=O) groups is 1. The maximum Gasteiger partial charge on any atom is 0.322 e. The summed E-state index contributed by atoms with van der Waals surface area (Å²) in [4.78, 5) is 14.0.